The predicted molar refractivity (Wildman–Crippen MR) is 131 cm³/mol. The van der Waals surface area contributed by atoms with Gasteiger partial charge in [-0.15, -0.1) is 23.1 Å². The van der Waals surface area contributed by atoms with E-state index in [9.17, 15) is 14.4 Å². The van der Waals surface area contributed by atoms with E-state index < -0.39 is 17.7 Å². The minimum absolute atomic E-state index is 0.179. The van der Waals surface area contributed by atoms with Gasteiger partial charge >= 0.3 is 12.1 Å². The lowest BCUT2D eigenvalue weighted by molar-refractivity contribution is -0.113. The van der Waals surface area contributed by atoms with E-state index >= 15 is 0 Å². The SMILES string of the molecule is CCOC(=O)c1c(NC(=O)CSc2ccc(N)cc2)sc2c1CCN(C(=O)OC(C)(C)C)C2. The number of rotatable bonds is 6. The zero-order chi connectivity index (χ0) is 24.2. The number of anilines is 2. The van der Waals surface area contributed by atoms with E-state index in [4.69, 9.17) is 15.2 Å². The Morgan fingerprint density at radius 3 is 2.55 bits per heavy atom. The molecule has 178 valence electrons. The van der Waals surface area contributed by atoms with Crippen molar-refractivity contribution in [2.24, 2.45) is 0 Å². The molecule has 0 unspecified atom stereocenters. The molecule has 0 atom stereocenters. The molecule has 0 aliphatic carbocycles. The first kappa shape index (κ1) is 24.9. The van der Waals surface area contributed by atoms with Gasteiger partial charge in [-0.1, -0.05) is 0 Å². The van der Waals surface area contributed by atoms with E-state index in [2.05, 4.69) is 5.32 Å². The molecule has 3 rings (SSSR count). The summed E-state index contributed by atoms with van der Waals surface area (Å²) in [5, 5.41) is 3.32. The molecule has 10 heteroatoms. The van der Waals surface area contributed by atoms with Crippen LogP contribution in [0.1, 0.15) is 48.5 Å². The van der Waals surface area contributed by atoms with Crippen LogP contribution in [0.5, 0.6) is 0 Å². The fourth-order valence-electron chi connectivity index (χ4n) is 3.27. The van der Waals surface area contributed by atoms with Crippen LogP contribution in [0, 0.1) is 0 Å². The van der Waals surface area contributed by atoms with Crippen molar-refractivity contribution >= 4 is 51.8 Å². The highest BCUT2D eigenvalue weighted by atomic mass is 32.2. The average Bonchev–Trinajstić information content (AvgIpc) is 3.09. The molecule has 8 nitrogen and oxygen atoms in total. The number of amides is 2. The second-order valence-corrected chi connectivity index (χ2v) is 10.6. The highest BCUT2D eigenvalue weighted by Crippen LogP contribution is 2.38. The van der Waals surface area contributed by atoms with E-state index in [1.807, 2.05) is 32.9 Å². The summed E-state index contributed by atoms with van der Waals surface area (Å²) in [4.78, 5) is 41.2. The zero-order valence-electron chi connectivity index (χ0n) is 19.2. The number of nitrogen functional groups attached to an aromatic ring is 1. The zero-order valence-corrected chi connectivity index (χ0v) is 20.9. The number of carbonyl (C=O) groups excluding carboxylic acids is 3. The molecule has 1 aliphatic rings. The number of hydrogen-bond acceptors (Lipinski definition) is 8. The first-order chi connectivity index (χ1) is 15.6. The maximum Gasteiger partial charge on any atom is 0.410 e. The number of esters is 1. The molecular formula is C23H29N3O5S2. The minimum atomic E-state index is -0.593. The van der Waals surface area contributed by atoms with Crippen LogP contribution in [0.25, 0.3) is 0 Å². The Kier molecular flexibility index (Phi) is 7.91. The van der Waals surface area contributed by atoms with Crippen LogP contribution in [0.4, 0.5) is 15.5 Å². The molecule has 1 aromatic carbocycles. The number of benzene rings is 1. The van der Waals surface area contributed by atoms with Crippen LogP contribution in [0.15, 0.2) is 29.2 Å². The molecule has 1 aliphatic heterocycles. The van der Waals surface area contributed by atoms with E-state index in [-0.39, 0.29) is 18.3 Å². The summed E-state index contributed by atoms with van der Waals surface area (Å²) in [6, 6.07) is 7.27. The van der Waals surface area contributed by atoms with Crippen molar-refractivity contribution in [1.29, 1.82) is 0 Å². The molecule has 0 fully saturated rings. The molecule has 0 radical (unpaired) electrons. The maximum absolute atomic E-state index is 12.7. The lowest BCUT2D eigenvalue weighted by Crippen LogP contribution is -2.39. The van der Waals surface area contributed by atoms with Crippen molar-refractivity contribution in [2.45, 2.75) is 51.2 Å². The van der Waals surface area contributed by atoms with Crippen molar-refractivity contribution in [3.05, 3.63) is 40.3 Å². The van der Waals surface area contributed by atoms with Gasteiger partial charge in [-0.3, -0.25) is 4.79 Å². The highest BCUT2D eigenvalue weighted by molar-refractivity contribution is 8.00. The molecule has 0 saturated carbocycles. The smallest absolute Gasteiger partial charge is 0.410 e. The molecule has 1 aromatic heterocycles. The third-order valence-corrected chi connectivity index (χ3v) is 6.84. The normalized spacial score (nSPS) is 13.3. The van der Waals surface area contributed by atoms with Gasteiger partial charge < -0.3 is 25.4 Å². The Balaban J connectivity index is 1.75. The van der Waals surface area contributed by atoms with E-state index in [1.165, 1.54) is 23.1 Å². The van der Waals surface area contributed by atoms with Gasteiger partial charge in [-0.25, -0.2) is 9.59 Å². The molecule has 2 aromatic rings. The second kappa shape index (κ2) is 10.5. The fraction of sp³-hybridized carbons (Fsp3) is 0.435. The van der Waals surface area contributed by atoms with Crippen LogP contribution >= 0.6 is 23.1 Å². The van der Waals surface area contributed by atoms with Crippen LogP contribution in [-0.2, 0) is 27.2 Å². The molecule has 33 heavy (non-hydrogen) atoms. The second-order valence-electron chi connectivity index (χ2n) is 8.49. The van der Waals surface area contributed by atoms with Gasteiger partial charge in [0.15, 0.2) is 0 Å². The highest BCUT2D eigenvalue weighted by Gasteiger charge is 2.32. The number of hydrogen-bond donors (Lipinski definition) is 2. The average molecular weight is 492 g/mol. The molecule has 2 heterocycles. The molecule has 0 bridgehead atoms. The number of thioether (sulfide) groups is 1. The summed E-state index contributed by atoms with van der Waals surface area (Å²) in [6.45, 7) is 8.17. The van der Waals surface area contributed by atoms with Crippen LogP contribution in [-0.4, -0.2) is 47.4 Å². The van der Waals surface area contributed by atoms with Gasteiger partial charge in [0.25, 0.3) is 0 Å². The molecule has 0 spiro atoms. The fourth-order valence-corrected chi connectivity index (χ4v) is 5.23. The first-order valence-corrected chi connectivity index (χ1v) is 12.5. The van der Waals surface area contributed by atoms with Crippen LogP contribution in [0.2, 0.25) is 0 Å². The quantitative estimate of drug-likeness (QED) is 0.347. The number of nitrogens with zero attached hydrogens (tertiary/aromatic N) is 1. The van der Waals surface area contributed by atoms with Crippen LogP contribution in [0.3, 0.4) is 0 Å². The number of nitrogens with two attached hydrogens (primary N) is 1. The predicted octanol–water partition coefficient (Wildman–Crippen LogP) is 4.53. The number of thiophene rings is 1. The van der Waals surface area contributed by atoms with Gasteiger partial charge in [-0.05, 0) is 63.9 Å². The van der Waals surface area contributed by atoms with Gasteiger partial charge in [0.1, 0.15) is 10.6 Å². The van der Waals surface area contributed by atoms with Crippen molar-refractivity contribution in [1.82, 2.24) is 4.90 Å². The maximum atomic E-state index is 12.7. The van der Waals surface area contributed by atoms with E-state index in [1.54, 1.807) is 24.0 Å². The van der Waals surface area contributed by atoms with Crippen molar-refractivity contribution in [2.75, 3.05) is 30.0 Å². The van der Waals surface area contributed by atoms with Crippen molar-refractivity contribution in [3.8, 4) is 0 Å². The Labute approximate surface area is 201 Å². The van der Waals surface area contributed by atoms with Gasteiger partial charge in [0, 0.05) is 22.0 Å². The summed E-state index contributed by atoms with van der Waals surface area (Å²) in [5.74, 6) is -0.522. The van der Waals surface area contributed by atoms with E-state index in [0.29, 0.717) is 35.8 Å². The lowest BCUT2D eigenvalue weighted by Gasteiger charge is -2.30. The first-order valence-electron chi connectivity index (χ1n) is 10.6. The summed E-state index contributed by atoms with van der Waals surface area (Å²) in [6.07, 6.45) is 0.0830. The van der Waals surface area contributed by atoms with Crippen LogP contribution < -0.4 is 11.1 Å². The topological polar surface area (TPSA) is 111 Å². The number of nitrogens with one attached hydrogen (secondary N) is 1. The number of fused-ring (bicyclic) bond motifs is 1. The summed E-state index contributed by atoms with van der Waals surface area (Å²) in [5.41, 5.74) is 6.96. The summed E-state index contributed by atoms with van der Waals surface area (Å²) < 4.78 is 10.7. The lowest BCUT2D eigenvalue weighted by atomic mass is 10.0. The van der Waals surface area contributed by atoms with Gasteiger partial charge in [0.2, 0.25) is 5.91 Å². The third kappa shape index (κ3) is 6.64. The Morgan fingerprint density at radius 2 is 1.91 bits per heavy atom. The molecule has 3 N–H and O–H groups in total. The monoisotopic (exact) mass is 491 g/mol. The van der Waals surface area contributed by atoms with Crippen molar-refractivity contribution in [3.63, 3.8) is 0 Å². The Hall–Kier alpha value is -2.72. The number of carbonyl (C=O) groups is 3. The summed E-state index contributed by atoms with van der Waals surface area (Å²) >= 11 is 2.68. The molecule has 2 amide bonds. The standard InChI is InChI=1S/C23H29N3O5S2/c1-5-30-21(28)19-16-10-11-26(22(29)31-23(2,3)4)12-17(16)33-20(19)25-18(27)13-32-15-8-6-14(24)7-9-15/h6-9H,5,10-13,24H2,1-4H3,(H,25,27). The van der Waals surface area contributed by atoms with Gasteiger partial charge in [0.05, 0.1) is 24.5 Å². The largest absolute Gasteiger partial charge is 0.462 e. The Bertz CT molecular complexity index is 1030. The van der Waals surface area contributed by atoms with Gasteiger partial charge in [-0.2, -0.15) is 0 Å². The van der Waals surface area contributed by atoms with E-state index in [0.717, 1.165) is 15.3 Å². The third-order valence-electron chi connectivity index (χ3n) is 4.69. The molecule has 0 saturated heterocycles. The molecular weight excluding hydrogens is 462 g/mol. The number of ether oxygens (including phenoxy) is 2. The summed E-state index contributed by atoms with van der Waals surface area (Å²) in [7, 11) is 0. The Morgan fingerprint density at radius 1 is 1.21 bits per heavy atom. The van der Waals surface area contributed by atoms with Crippen molar-refractivity contribution < 1.29 is 23.9 Å². The minimum Gasteiger partial charge on any atom is -0.462 e.